The number of hydrogen-bond acceptors (Lipinski definition) is 2. The summed E-state index contributed by atoms with van der Waals surface area (Å²) < 4.78 is 51.7. The molecule has 2 aromatic rings. The van der Waals surface area contributed by atoms with Crippen molar-refractivity contribution >= 4 is 0 Å². The smallest absolute Gasteiger partial charge is 0.183 e. The molecule has 3 rings (SSSR count). The molecule has 0 atom stereocenters. The Balaban J connectivity index is 1.71. The molecular formula is C21H21F3O2. The van der Waals surface area contributed by atoms with E-state index in [0.717, 1.165) is 24.1 Å². The van der Waals surface area contributed by atoms with E-state index in [0.29, 0.717) is 24.3 Å². The van der Waals surface area contributed by atoms with Gasteiger partial charge in [-0.15, -0.1) is 0 Å². The Bertz CT molecular complexity index is 740. The molecule has 5 heteroatoms. The van der Waals surface area contributed by atoms with E-state index in [2.05, 4.69) is 19.1 Å². The average molecular weight is 362 g/mol. The number of hydrogen-bond donors (Lipinski definition) is 0. The molecule has 1 aliphatic rings. The minimum Gasteiger partial charge on any atom is -0.348 e. The van der Waals surface area contributed by atoms with Crippen molar-refractivity contribution in [1.29, 1.82) is 0 Å². The summed E-state index contributed by atoms with van der Waals surface area (Å²) in [5.74, 6) is -1.50. The molecule has 0 N–H and O–H groups in total. The topological polar surface area (TPSA) is 18.5 Å². The largest absolute Gasteiger partial charge is 0.348 e. The first-order valence-electron chi connectivity index (χ1n) is 8.66. The lowest BCUT2D eigenvalue weighted by molar-refractivity contribution is -0.197. The lowest BCUT2D eigenvalue weighted by Gasteiger charge is -2.28. The standard InChI is InChI=1S/C21H21F3O2/c1-2-3-4-14-12-25-21(26-13-14)16-7-5-15(6-8-16)17-9-19(23)18(11-22)20(24)10-17/h3-10,14,21H,2,11-13H2,1H3/b4-3+. The fraction of sp³-hybridized carbons (Fsp3) is 0.333. The van der Waals surface area contributed by atoms with Crippen LogP contribution in [0.2, 0.25) is 0 Å². The Morgan fingerprint density at radius 3 is 2.15 bits per heavy atom. The number of allylic oxidation sites excluding steroid dienone is 1. The summed E-state index contributed by atoms with van der Waals surface area (Å²) in [6.07, 6.45) is 4.73. The zero-order valence-electron chi connectivity index (χ0n) is 14.6. The minimum atomic E-state index is -1.16. The van der Waals surface area contributed by atoms with Crippen LogP contribution in [-0.4, -0.2) is 13.2 Å². The molecule has 0 unspecified atom stereocenters. The molecule has 0 bridgehead atoms. The SMILES string of the molecule is CC/C=C/C1COC(c2ccc(-c3cc(F)c(CF)c(F)c3)cc2)OC1. The molecule has 1 saturated heterocycles. The molecule has 0 saturated carbocycles. The van der Waals surface area contributed by atoms with Gasteiger partial charge in [-0.2, -0.15) is 0 Å². The second-order valence-corrected chi connectivity index (χ2v) is 6.27. The lowest BCUT2D eigenvalue weighted by atomic mass is 10.0. The van der Waals surface area contributed by atoms with Crippen molar-refractivity contribution in [1.82, 2.24) is 0 Å². The highest BCUT2D eigenvalue weighted by Gasteiger charge is 2.22. The van der Waals surface area contributed by atoms with Crippen LogP contribution in [0.4, 0.5) is 13.2 Å². The molecule has 0 aromatic heterocycles. The van der Waals surface area contributed by atoms with Crippen LogP contribution in [0.3, 0.4) is 0 Å². The second-order valence-electron chi connectivity index (χ2n) is 6.27. The highest BCUT2D eigenvalue weighted by Crippen LogP contribution is 2.29. The maximum Gasteiger partial charge on any atom is 0.183 e. The summed E-state index contributed by atoms with van der Waals surface area (Å²) in [4.78, 5) is 0. The quantitative estimate of drug-likeness (QED) is 0.633. The molecule has 2 nitrogen and oxygen atoms in total. The molecule has 138 valence electrons. The molecule has 0 aliphatic carbocycles. The van der Waals surface area contributed by atoms with Crippen LogP contribution in [0.1, 0.15) is 30.8 Å². The van der Waals surface area contributed by atoms with E-state index in [9.17, 15) is 13.2 Å². The third-order valence-corrected chi connectivity index (χ3v) is 4.36. The van der Waals surface area contributed by atoms with Crippen molar-refractivity contribution in [3.05, 3.63) is 71.3 Å². The van der Waals surface area contributed by atoms with Gasteiger partial charge in [-0.1, -0.05) is 43.3 Å². The van der Waals surface area contributed by atoms with Crippen LogP contribution in [0.15, 0.2) is 48.6 Å². The van der Waals surface area contributed by atoms with Crippen molar-refractivity contribution in [3.8, 4) is 11.1 Å². The highest BCUT2D eigenvalue weighted by molar-refractivity contribution is 5.64. The predicted octanol–water partition coefficient (Wildman–Crippen LogP) is 5.73. The summed E-state index contributed by atoms with van der Waals surface area (Å²) in [7, 11) is 0. The maximum absolute atomic E-state index is 13.8. The Morgan fingerprint density at radius 2 is 1.62 bits per heavy atom. The molecule has 1 heterocycles. The minimum absolute atomic E-state index is 0.255. The van der Waals surface area contributed by atoms with Gasteiger partial charge >= 0.3 is 0 Å². The van der Waals surface area contributed by atoms with Gasteiger partial charge in [-0.25, -0.2) is 13.2 Å². The van der Waals surface area contributed by atoms with Crippen LogP contribution >= 0.6 is 0 Å². The lowest BCUT2D eigenvalue weighted by Crippen LogP contribution is -2.25. The zero-order valence-corrected chi connectivity index (χ0v) is 14.6. The Kier molecular flexibility index (Phi) is 6.12. The predicted molar refractivity (Wildman–Crippen MR) is 94.2 cm³/mol. The first kappa shape index (κ1) is 18.7. The van der Waals surface area contributed by atoms with Crippen LogP contribution in [0, 0.1) is 17.6 Å². The van der Waals surface area contributed by atoms with Crippen molar-refractivity contribution < 1.29 is 22.6 Å². The van der Waals surface area contributed by atoms with Crippen LogP contribution < -0.4 is 0 Å². The molecule has 2 aromatic carbocycles. The number of halogens is 3. The van der Waals surface area contributed by atoms with E-state index in [4.69, 9.17) is 9.47 Å². The maximum atomic E-state index is 13.8. The molecule has 0 spiro atoms. The van der Waals surface area contributed by atoms with E-state index in [-0.39, 0.29) is 5.92 Å². The summed E-state index contributed by atoms with van der Waals surface area (Å²) >= 11 is 0. The Morgan fingerprint density at radius 1 is 1.00 bits per heavy atom. The van der Waals surface area contributed by atoms with Gasteiger partial charge in [0.2, 0.25) is 0 Å². The fourth-order valence-electron chi connectivity index (χ4n) is 2.88. The van der Waals surface area contributed by atoms with Crippen molar-refractivity contribution in [2.24, 2.45) is 5.92 Å². The van der Waals surface area contributed by atoms with Gasteiger partial charge in [0.05, 0.1) is 18.8 Å². The monoisotopic (exact) mass is 362 g/mol. The van der Waals surface area contributed by atoms with Gasteiger partial charge in [0.25, 0.3) is 0 Å². The van der Waals surface area contributed by atoms with Gasteiger partial charge < -0.3 is 9.47 Å². The van der Waals surface area contributed by atoms with E-state index in [1.165, 1.54) is 0 Å². The summed E-state index contributed by atoms with van der Waals surface area (Å²) in [5, 5.41) is 0. The highest BCUT2D eigenvalue weighted by atomic mass is 19.1. The van der Waals surface area contributed by atoms with E-state index in [1.54, 1.807) is 24.3 Å². The summed E-state index contributed by atoms with van der Waals surface area (Å²) in [5.41, 5.74) is 1.30. The normalized spacial score (nSPS) is 20.6. The molecule has 1 fully saturated rings. The zero-order chi connectivity index (χ0) is 18.5. The molecule has 0 radical (unpaired) electrons. The van der Waals surface area contributed by atoms with Gasteiger partial charge in [0.15, 0.2) is 6.29 Å². The van der Waals surface area contributed by atoms with Crippen LogP contribution in [0.5, 0.6) is 0 Å². The number of benzene rings is 2. The van der Waals surface area contributed by atoms with Crippen molar-refractivity contribution in [2.75, 3.05) is 13.2 Å². The number of rotatable bonds is 5. The van der Waals surface area contributed by atoms with Crippen molar-refractivity contribution in [2.45, 2.75) is 26.3 Å². The average Bonchev–Trinajstić information content (AvgIpc) is 2.67. The van der Waals surface area contributed by atoms with Crippen LogP contribution in [-0.2, 0) is 16.1 Å². The number of alkyl halides is 1. The molecule has 0 amide bonds. The third kappa shape index (κ3) is 4.17. The van der Waals surface area contributed by atoms with Gasteiger partial charge in [-0.3, -0.25) is 0 Å². The van der Waals surface area contributed by atoms with E-state index >= 15 is 0 Å². The molecule has 1 aliphatic heterocycles. The van der Waals surface area contributed by atoms with Gasteiger partial charge in [-0.05, 0) is 29.7 Å². The second kappa shape index (κ2) is 8.52. The molecule has 26 heavy (non-hydrogen) atoms. The third-order valence-electron chi connectivity index (χ3n) is 4.36. The molecular weight excluding hydrogens is 341 g/mol. The number of ether oxygens (including phenoxy) is 2. The Labute approximate surface area is 151 Å². The Hall–Kier alpha value is -2.11. The van der Waals surface area contributed by atoms with E-state index < -0.39 is 30.2 Å². The van der Waals surface area contributed by atoms with Crippen LogP contribution in [0.25, 0.3) is 11.1 Å². The van der Waals surface area contributed by atoms with Gasteiger partial charge in [0.1, 0.15) is 18.3 Å². The summed E-state index contributed by atoms with van der Waals surface area (Å²) in [6, 6.07) is 9.39. The first-order chi connectivity index (χ1) is 12.6. The fourth-order valence-corrected chi connectivity index (χ4v) is 2.88. The van der Waals surface area contributed by atoms with E-state index in [1.807, 2.05) is 0 Å². The van der Waals surface area contributed by atoms with Crippen molar-refractivity contribution in [3.63, 3.8) is 0 Å². The first-order valence-corrected chi connectivity index (χ1v) is 8.66. The summed E-state index contributed by atoms with van der Waals surface area (Å²) in [6.45, 7) is 2.09. The van der Waals surface area contributed by atoms with Gasteiger partial charge in [0, 0.05) is 11.5 Å².